The largest absolute Gasteiger partial charge is 0.379 e. The van der Waals surface area contributed by atoms with E-state index in [2.05, 4.69) is 44.7 Å². The van der Waals surface area contributed by atoms with E-state index in [1.807, 2.05) is 11.0 Å². The van der Waals surface area contributed by atoms with Crippen LogP contribution in [-0.2, 0) is 22.6 Å². The molecule has 3 saturated heterocycles. The fourth-order valence-electron chi connectivity index (χ4n) is 6.95. The second kappa shape index (κ2) is 10.1. The summed E-state index contributed by atoms with van der Waals surface area (Å²) < 4.78 is 7.61. The van der Waals surface area contributed by atoms with Gasteiger partial charge in [-0.2, -0.15) is 0 Å². The number of nitrogens with zero attached hydrogens (tertiary/aromatic N) is 4. The van der Waals surface area contributed by atoms with E-state index in [4.69, 9.17) is 4.74 Å². The van der Waals surface area contributed by atoms with E-state index in [9.17, 15) is 9.59 Å². The molecule has 2 unspecified atom stereocenters. The lowest BCUT2D eigenvalue weighted by Gasteiger charge is -2.47. The maximum Gasteiger partial charge on any atom is 0.258 e. The number of hydrogen-bond donors (Lipinski definition) is 0. The molecule has 1 aromatic carbocycles. The molecule has 1 amide bonds. The monoisotopic (exact) mass is 490 g/mol. The van der Waals surface area contributed by atoms with Crippen LogP contribution in [0.15, 0.2) is 41.2 Å². The van der Waals surface area contributed by atoms with Crippen LogP contribution in [0.4, 0.5) is 0 Å². The molecule has 3 fully saturated rings. The average Bonchev–Trinajstić information content (AvgIpc) is 2.90. The van der Waals surface area contributed by atoms with E-state index < -0.39 is 0 Å². The van der Waals surface area contributed by atoms with E-state index in [0.717, 1.165) is 89.5 Å². The lowest BCUT2D eigenvalue weighted by atomic mass is 9.81. The van der Waals surface area contributed by atoms with Crippen LogP contribution in [0.3, 0.4) is 0 Å². The standard InChI is InChI=1S/C29H38N4O3/c1-21(34)31-10-8-25(9-11-31)32-17-22-16-24(20-32)28-7-6-27(29(35)33(28)18-22)26-5-3-2-4-23(26)19-30-12-14-36-15-13-30/h2-7,22,24-25H,8-20H2,1H3. The summed E-state index contributed by atoms with van der Waals surface area (Å²) in [5.41, 5.74) is 4.49. The number of pyridine rings is 1. The van der Waals surface area contributed by atoms with E-state index in [-0.39, 0.29) is 11.5 Å². The number of ether oxygens (including phenoxy) is 1. The number of rotatable bonds is 4. The Morgan fingerprint density at radius 3 is 2.50 bits per heavy atom. The molecular weight excluding hydrogens is 452 g/mol. The highest BCUT2D eigenvalue weighted by Crippen LogP contribution is 2.38. The molecule has 6 rings (SSSR count). The molecule has 2 atom stereocenters. The molecule has 5 heterocycles. The molecule has 2 bridgehead atoms. The molecule has 0 N–H and O–H groups in total. The molecule has 192 valence electrons. The van der Waals surface area contributed by atoms with Gasteiger partial charge in [0.1, 0.15) is 0 Å². The SMILES string of the molecule is CC(=O)N1CCC(N2CC3CC(C2)c2ccc(-c4ccccc4CN4CCOCC4)c(=O)n2C3)CC1. The molecule has 2 aromatic rings. The number of benzene rings is 1. The van der Waals surface area contributed by atoms with Crippen LogP contribution < -0.4 is 5.56 Å². The number of hydrogen-bond acceptors (Lipinski definition) is 5. The second-order valence-electron chi connectivity index (χ2n) is 11.1. The van der Waals surface area contributed by atoms with Gasteiger partial charge in [-0.15, -0.1) is 0 Å². The number of piperidine rings is 2. The van der Waals surface area contributed by atoms with Crippen LogP contribution in [0.2, 0.25) is 0 Å². The van der Waals surface area contributed by atoms with Crippen molar-refractivity contribution in [1.82, 2.24) is 19.3 Å². The summed E-state index contributed by atoms with van der Waals surface area (Å²) in [6.07, 6.45) is 3.30. The fourth-order valence-corrected chi connectivity index (χ4v) is 6.95. The normalized spacial score (nSPS) is 25.5. The minimum absolute atomic E-state index is 0.167. The molecule has 1 aromatic heterocycles. The first-order chi connectivity index (χ1) is 17.6. The number of amides is 1. The van der Waals surface area contributed by atoms with Gasteiger partial charge in [-0.3, -0.25) is 19.4 Å². The fraction of sp³-hybridized carbons (Fsp3) is 0.586. The quantitative estimate of drug-likeness (QED) is 0.660. The smallest absolute Gasteiger partial charge is 0.258 e. The van der Waals surface area contributed by atoms with Crippen molar-refractivity contribution in [1.29, 1.82) is 0 Å². The Morgan fingerprint density at radius 1 is 0.944 bits per heavy atom. The van der Waals surface area contributed by atoms with Gasteiger partial charge in [-0.1, -0.05) is 24.3 Å². The first-order valence-electron chi connectivity index (χ1n) is 13.7. The Hall–Kier alpha value is -2.48. The Bertz CT molecular complexity index is 1160. The number of aromatic nitrogens is 1. The molecule has 0 saturated carbocycles. The molecule has 0 radical (unpaired) electrons. The lowest BCUT2D eigenvalue weighted by Crippen LogP contribution is -2.53. The molecule has 0 spiro atoms. The third kappa shape index (κ3) is 4.64. The van der Waals surface area contributed by atoms with Crippen molar-refractivity contribution in [2.24, 2.45) is 5.92 Å². The maximum absolute atomic E-state index is 13.9. The minimum atomic E-state index is 0.167. The topological polar surface area (TPSA) is 58.0 Å². The highest BCUT2D eigenvalue weighted by atomic mass is 16.5. The molecular formula is C29H38N4O3. The van der Waals surface area contributed by atoms with Crippen molar-refractivity contribution in [2.75, 3.05) is 52.5 Å². The predicted molar refractivity (Wildman–Crippen MR) is 140 cm³/mol. The summed E-state index contributed by atoms with van der Waals surface area (Å²) in [6, 6.07) is 13.3. The zero-order valence-electron chi connectivity index (χ0n) is 21.4. The second-order valence-corrected chi connectivity index (χ2v) is 11.1. The summed E-state index contributed by atoms with van der Waals surface area (Å²) in [7, 11) is 0. The zero-order valence-corrected chi connectivity index (χ0v) is 21.4. The molecule has 4 aliphatic heterocycles. The van der Waals surface area contributed by atoms with E-state index >= 15 is 0 Å². The van der Waals surface area contributed by atoms with Gasteiger partial charge >= 0.3 is 0 Å². The van der Waals surface area contributed by atoms with E-state index in [0.29, 0.717) is 17.9 Å². The van der Waals surface area contributed by atoms with E-state index in [1.165, 1.54) is 17.7 Å². The van der Waals surface area contributed by atoms with Crippen LogP contribution in [0.25, 0.3) is 11.1 Å². The first-order valence-corrected chi connectivity index (χ1v) is 13.7. The van der Waals surface area contributed by atoms with Gasteiger partial charge < -0.3 is 14.2 Å². The number of carbonyl (C=O) groups excluding carboxylic acids is 1. The van der Waals surface area contributed by atoms with Crippen LogP contribution >= 0.6 is 0 Å². The van der Waals surface area contributed by atoms with Crippen molar-refractivity contribution < 1.29 is 9.53 Å². The molecule has 0 aliphatic carbocycles. The lowest BCUT2D eigenvalue weighted by molar-refractivity contribution is -0.130. The molecule has 36 heavy (non-hydrogen) atoms. The highest BCUT2D eigenvalue weighted by molar-refractivity contribution is 5.73. The number of morpholine rings is 1. The van der Waals surface area contributed by atoms with Gasteiger partial charge in [0.25, 0.3) is 5.56 Å². The Labute approximate surface area is 213 Å². The van der Waals surface area contributed by atoms with Gasteiger partial charge in [0.2, 0.25) is 5.91 Å². The predicted octanol–water partition coefficient (Wildman–Crippen LogP) is 2.78. The van der Waals surface area contributed by atoms with E-state index in [1.54, 1.807) is 6.92 Å². The number of likely N-dealkylation sites (tertiary alicyclic amines) is 2. The summed E-state index contributed by atoms with van der Waals surface area (Å²) in [5.74, 6) is 1.12. The average molecular weight is 491 g/mol. The van der Waals surface area contributed by atoms with Crippen LogP contribution in [0, 0.1) is 5.92 Å². The van der Waals surface area contributed by atoms with Crippen LogP contribution in [0.5, 0.6) is 0 Å². The van der Waals surface area contributed by atoms with Crippen molar-refractivity contribution in [2.45, 2.75) is 51.2 Å². The zero-order chi connectivity index (χ0) is 24.6. The van der Waals surface area contributed by atoms with Gasteiger partial charge in [-0.25, -0.2) is 0 Å². The molecule has 7 nitrogen and oxygen atoms in total. The first kappa shape index (κ1) is 23.9. The van der Waals surface area contributed by atoms with Gasteiger partial charge in [0.15, 0.2) is 0 Å². The number of fused-ring (bicyclic) bond motifs is 4. The maximum atomic E-state index is 13.9. The Morgan fingerprint density at radius 2 is 1.72 bits per heavy atom. The van der Waals surface area contributed by atoms with Crippen molar-refractivity contribution in [3.63, 3.8) is 0 Å². The third-order valence-electron chi connectivity index (χ3n) is 8.86. The summed E-state index contributed by atoms with van der Waals surface area (Å²) in [5, 5.41) is 0. The molecule has 7 heteroatoms. The van der Waals surface area contributed by atoms with Gasteiger partial charge in [0.05, 0.1) is 13.2 Å². The van der Waals surface area contributed by atoms with Gasteiger partial charge in [0, 0.05) is 82.5 Å². The van der Waals surface area contributed by atoms with Crippen molar-refractivity contribution in [3.05, 3.63) is 58.0 Å². The molecule has 4 aliphatic rings. The number of carbonyl (C=O) groups is 1. The Kier molecular flexibility index (Phi) is 6.71. The van der Waals surface area contributed by atoms with Crippen LogP contribution in [-0.4, -0.2) is 83.7 Å². The van der Waals surface area contributed by atoms with Crippen molar-refractivity contribution >= 4 is 5.91 Å². The Balaban J connectivity index is 1.23. The third-order valence-corrected chi connectivity index (χ3v) is 8.86. The minimum Gasteiger partial charge on any atom is -0.379 e. The summed E-state index contributed by atoms with van der Waals surface area (Å²) in [4.78, 5) is 32.6. The highest BCUT2D eigenvalue weighted by Gasteiger charge is 2.38. The van der Waals surface area contributed by atoms with Crippen LogP contribution in [0.1, 0.15) is 43.4 Å². The van der Waals surface area contributed by atoms with Gasteiger partial charge in [-0.05, 0) is 48.4 Å². The summed E-state index contributed by atoms with van der Waals surface area (Å²) in [6.45, 7) is 10.6. The summed E-state index contributed by atoms with van der Waals surface area (Å²) >= 11 is 0. The van der Waals surface area contributed by atoms with Crippen molar-refractivity contribution in [3.8, 4) is 11.1 Å².